The van der Waals surface area contributed by atoms with E-state index in [1.54, 1.807) is 0 Å². The van der Waals surface area contributed by atoms with Gasteiger partial charge >= 0.3 is 12.5 Å². The molecule has 4 nitrogen and oxygen atoms in total. The number of nitrogens with zero attached hydrogens (tertiary/aromatic N) is 2. The molecule has 0 fully saturated rings. The number of rotatable bonds is 6. The minimum absolute atomic E-state index is 0.0571. The molecule has 0 radical (unpaired) electrons. The van der Waals surface area contributed by atoms with E-state index >= 15 is 0 Å². The standard InChI is InChI=1S/C22H17F5N2O2S/c23-18-11-14(20(30)28-29-12-15-3-1-2-4-19(15)32-29)7-10-17(18)13-5-8-16(9-6-13)31-22(26,27)21(24)25/h5-12,21H,1-4H2. The fourth-order valence-electron chi connectivity index (χ4n) is 3.40. The predicted molar refractivity (Wildman–Crippen MR) is 107 cm³/mol. The summed E-state index contributed by atoms with van der Waals surface area (Å²) in [7, 11) is 0. The number of hydrogen-bond acceptors (Lipinski definition) is 4. The Morgan fingerprint density at radius 2 is 1.81 bits per heavy atom. The van der Waals surface area contributed by atoms with E-state index in [2.05, 4.69) is 9.84 Å². The molecule has 4 rings (SSSR count). The normalized spacial score (nSPS) is 14.5. The van der Waals surface area contributed by atoms with Crippen molar-refractivity contribution in [3.05, 3.63) is 70.5 Å². The van der Waals surface area contributed by atoms with Crippen LogP contribution in [0.15, 0.2) is 53.8 Å². The van der Waals surface area contributed by atoms with Crippen molar-refractivity contribution in [3.63, 3.8) is 0 Å². The molecular formula is C22H17F5N2O2S. The van der Waals surface area contributed by atoms with E-state index in [1.807, 2.05) is 6.20 Å². The Labute approximate surface area is 184 Å². The molecule has 0 saturated heterocycles. The molecule has 1 aliphatic carbocycles. The van der Waals surface area contributed by atoms with Crippen LogP contribution in [0.4, 0.5) is 22.0 Å². The summed E-state index contributed by atoms with van der Waals surface area (Å²) < 4.78 is 70.6. The molecule has 1 aliphatic rings. The molecule has 2 aromatic carbocycles. The number of aryl methyl sites for hydroxylation is 2. The van der Waals surface area contributed by atoms with Crippen molar-refractivity contribution in [2.75, 3.05) is 0 Å². The van der Waals surface area contributed by atoms with Gasteiger partial charge in [0.15, 0.2) is 11.5 Å². The van der Waals surface area contributed by atoms with Gasteiger partial charge in [0.2, 0.25) is 6.20 Å². The summed E-state index contributed by atoms with van der Waals surface area (Å²) in [4.78, 5) is 1.20. The molecule has 0 spiro atoms. The molecule has 1 aromatic heterocycles. The summed E-state index contributed by atoms with van der Waals surface area (Å²) in [6, 6.07) is 8.41. The number of benzene rings is 2. The van der Waals surface area contributed by atoms with Crippen LogP contribution in [0.2, 0.25) is 0 Å². The number of alkyl halides is 4. The SMILES string of the molecule is [O-]/C(=N\[n+]1cc2c(s1)CCCC2)c1ccc(-c2ccc(OC(F)(F)C(F)F)cc2)c(F)c1. The van der Waals surface area contributed by atoms with Crippen LogP contribution < -0.4 is 13.9 Å². The zero-order chi connectivity index (χ0) is 22.9. The maximum absolute atomic E-state index is 14.6. The molecule has 168 valence electrons. The summed E-state index contributed by atoms with van der Waals surface area (Å²) in [5.74, 6) is -1.80. The molecule has 0 aliphatic heterocycles. The number of aromatic nitrogens is 1. The highest BCUT2D eigenvalue weighted by Gasteiger charge is 2.43. The van der Waals surface area contributed by atoms with Crippen molar-refractivity contribution in [1.29, 1.82) is 0 Å². The number of hydrogen-bond donors (Lipinski definition) is 0. The third-order valence-corrected chi connectivity index (χ3v) is 6.07. The van der Waals surface area contributed by atoms with Crippen molar-refractivity contribution in [2.45, 2.75) is 38.2 Å². The third-order valence-electron chi connectivity index (χ3n) is 5.01. The van der Waals surface area contributed by atoms with Crippen LogP contribution >= 0.6 is 11.5 Å². The van der Waals surface area contributed by atoms with E-state index in [-0.39, 0.29) is 11.1 Å². The first-order valence-electron chi connectivity index (χ1n) is 9.78. The summed E-state index contributed by atoms with van der Waals surface area (Å²) in [5, 5.41) is 16.5. The van der Waals surface area contributed by atoms with E-state index in [0.29, 0.717) is 5.56 Å². The average molecular weight is 468 g/mol. The molecule has 3 aromatic rings. The van der Waals surface area contributed by atoms with Crippen LogP contribution in [-0.2, 0) is 12.8 Å². The fraction of sp³-hybridized carbons (Fsp3) is 0.273. The summed E-state index contributed by atoms with van der Waals surface area (Å²) in [6.45, 7) is 0. The van der Waals surface area contributed by atoms with Gasteiger partial charge in [-0.1, -0.05) is 24.3 Å². The van der Waals surface area contributed by atoms with Gasteiger partial charge < -0.3 is 9.84 Å². The smallest absolute Gasteiger partial charge is 0.461 e. The van der Waals surface area contributed by atoms with E-state index in [9.17, 15) is 27.1 Å². The maximum atomic E-state index is 14.6. The van der Waals surface area contributed by atoms with Gasteiger partial charge in [-0.05, 0) is 55.0 Å². The van der Waals surface area contributed by atoms with Crippen molar-refractivity contribution >= 4 is 17.4 Å². The average Bonchev–Trinajstić information content (AvgIpc) is 3.16. The van der Waals surface area contributed by atoms with Gasteiger partial charge in [-0.2, -0.15) is 17.6 Å². The number of halogens is 5. The highest BCUT2D eigenvalue weighted by atomic mass is 32.1. The molecule has 0 saturated carbocycles. The minimum Gasteiger partial charge on any atom is -0.854 e. The number of ether oxygens (including phenoxy) is 1. The molecule has 1 heterocycles. The van der Waals surface area contributed by atoms with Gasteiger partial charge in [0, 0.05) is 20.3 Å². The van der Waals surface area contributed by atoms with Gasteiger partial charge in [0.1, 0.15) is 11.6 Å². The molecule has 0 bridgehead atoms. The van der Waals surface area contributed by atoms with Crippen LogP contribution in [0, 0.1) is 5.82 Å². The Balaban J connectivity index is 1.52. The minimum atomic E-state index is -4.63. The second-order valence-electron chi connectivity index (χ2n) is 7.27. The van der Waals surface area contributed by atoms with Crippen LogP contribution in [0.25, 0.3) is 11.1 Å². The van der Waals surface area contributed by atoms with Crippen LogP contribution in [0.5, 0.6) is 5.75 Å². The van der Waals surface area contributed by atoms with E-state index in [4.69, 9.17) is 0 Å². The van der Waals surface area contributed by atoms with Crippen LogP contribution in [0.3, 0.4) is 0 Å². The molecular weight excluding hydrogens is 451 g/mol. The predicted octanol–water partition coefficient (Wildman–Crippen LogP) is 4.53. The zero-order valence-corrected chi connectivity index (χ0v) is 17.4. The molecule has 0 unspecified atom stereocenters. The van der Waals surface area contributed by atoms with Crippen molar-refractivity contribution in [1.82, 2.24) is 0 Å². The Hall–Kier alpha value is -3.01. The lowest BCUT2D eigenvalue weighted by atomic mass is 10.0. The Morgan fingerprint density at radius 3 is 2.47 bits per heavy atom. The first-order chi connectivity index (χ1) is 15.2. The van der Waals surface area contributed by atoms with E-state index < -0.39 is 30.0 Å². The Bertz CT molecular complexity index is 1120. The molecule has 0 amide bonds. The molecule has 10 heteroatoms. The quantitative estimate of drug-likeness (QED) is 0.231. The highest BCUT2D eigenvalue weighted by Crippen LogP contribution is 2.30. The fourth-order valence-corrected chi connectivity index (χ4v) is 4.43. The summed E-state index contributed by atoms with van der Waals surface area (Å²) in [5.41, 5.74) is 1.64. The van der Waals surface area contributed by atoms with E-state index in [0.717, 1.165) is 43.9 Å². The summed E-state index contributed by atoms with van der Waals surface area (Å²) in [6.07, 6.45) is -2.66. The zero-order valence-electron chi connectivity index (χ0n) is 16.5. The van der Waals surface area contributed by atoms with Gasteiger partial charge in [0.25, 0.3) is 0 Å². The van der Waals surface area contributed by atoms with Gasteiger partial charge in [-0.3, -0.25) is 0 Å². The Kier molecular flexibility index (Phi) is 6.14. The van der Waals surface area contributed by atoms with E-state index in [1.165, 1.54) is 50.3 Å². The lowest BCUT2D eigenvalue weighted by molar-refractivity contribution is -0.612. The van der Waals surface area contributed by atoms with Gasteiger partial charge in [-0.15, -0.1) is 0 Å². The van der Waals surface area contributed by atoms with Gasteiger partial charge in [-0.25, -0.2) is 4.39 Å². The monoisotopic (exact) mass is 468 g/mol. The third kappa shape index (κ3) is 4.74. The van der Waals surface area contributed by atoms with Crippen molar-refractivity contribution < 1.29 is 35.9 Å². The number of fused-ring (bicyclic) bond motifs is 1. The lowest BCUT2D eigenvalue weighted by Gasteiger charge is -2.17. The van der Waals surface area contributed by atoms with Crippen molar-refractivity contribution in [3.8, 4) is 16.9 Å². The molecule has 0 N–H and O–H groups in total. The van der Waals surface area contributed by atoms with Crippen LogP contribution in [0.1, 0.15) is 28.8 Å². The highest BCUT2D eigenvalue weighted by molar-refractivity contribution is 7.01. The van der Waals surface area contributed by atoms with Gasteiger partial charge in [0.05, 0.1) is 10.8 Å². The van der Waals surface area contributed by atoms with Crippen molar-refractivity contribution in [2.24, 2.45) is 5.10 Å². The molecule has 0 atom stereocenters. The second-order valence-corrected chi connectivity index (χ2v) is 8.32. The molecule has 32 heavy (non-hydrogen) atoms. The Morgan fingerprint density at radius 1 is 1.09 bits per heavy atom. The van der Waals surface area contributed by atoms with Crippen LogP contribution in [-0.4, -0.2) is 18.4 Å². The summed E-state index contributed by atoms with van der Waals surface area (Å²) >= 11 is 1.39. The maximum Gasteiger partial charge on any atom is 0.461 e. The second kappa shape index (κ2) is 8.85. The first kappa shape index (κ1) is 22.2. The lowest BCUT2D eigenvalue weighted by Crippen LogP contribution is -2.33. The largest absolute Gasteiger partial charge is 0.854 e. The topological polar surface area (TPSA) is 48.5 Å². The first-order valence-corrected chi connectivity index (χ1v) is 10.6.